The fourth-order valence-corrected chi connectivity index (χ4v) is 7.23. The predicted molar refractivity (Wildman–Crippen MR) is 214 cm³/mol. The second-order valence-corrected chi connectivity index (χ2v) is 14.4. The lowest BCUT2D eigenvalue weighted by molar-refractivity contribution is 0.575. The molecule has 254 valence electrons. The van der Waals surface area contributed by atoms with Gasteiger partial charge in [0.25, 0.3) is 0 Å². The monoisotopic (exact) mass is 656 g/mol. The number of rotatable bonds is 14. The largest absolute Gasteiger partial charge is 0.236 e. The maximum atomic E-state index is 4.93. The summed E-state index contributed by atoms with van der Waals surface area (Å²) in [5.74, 6) is 0.767. The van der Waals surface area contributed by atoms with Crippen molar-refractivity contribution in [3.63, 3.8) is 0 Å². The first-order chi connectivity index (χ1) is 24.3. The van der Waals surface area contributed by atoms with Gasteiger partial charge in [0, 0.05) is 18.0 Å². The van der Waals surface area contributed by atoms with Crippen molar-refractivity contribution in [3.8, 4) is 55.9 Å². The van der Waals surface area contributed by atoms with Crippen molar-refractivity contribution >= 4 is 0 Å². The van der Waals surface area contributed by atoms with Crippen LogP contribution in [-0.4, -0.2) is 9.97 Å². The van der Waals surface area contributed by atoms with Crippen molar-refractivity contribution in [3.05, 3.63) is 143 Å². The molecule has 6 aromatic rings. The number of hydrogen-bond donors (Lipinski definition) is 0. The molecule has 0 amide bonds. The fraction of sp³-hybridized carbons (Fsp3) is 0.292. The zero-order valence-electron chi connectivity index (χ0n) is 30.7. The van der Waals surface area contributed by atoms with Crippen LogP contribution in [0.25, 0.3) is 55.9 Å². The van der Waals surface area contributed by atoms with Gasteiger partial charge >= 0.3 is 0 Å². The number of nitrogens with zero attached hydrogens (tertiary/aromatic N) is 2. The SMILES string of the molecule is CCCCCCCCCCc1cnc(-c2cc(-c3cccc(-c4cc(C)cc(C)c4)c3)cc(-c3cccc(-c4cc(C)cc(C)c4)c3)c2)nc1. The van der Waals surface area contributed by atoms with Crippen LogP contribution in [0, 0.1) is 27.7 Å². The first-order valence-corrected chi connectivity index (χ1v) is 18.7. The van der Waals surface area contributed by atoms with Crippen LogP contribution >= 0.6 is 0 Å². The van der Waals surface area contributed by atoms with E-state index in [1.54, 1.807) is 0 Å². The third-order valence-corrected chi connectivity index (χ3v) is 9.72. The molecule has 0 saturated carbocycles. The summed E-state index contributed by atoms with van der Waals surface area (Å²) in [6.45, 7) is 11.0. The average molecular weight is 657 g/mol. The average Bonchev–Trinajstić information content (AvgIpc) is 3.12. The minimum absolute atomic E-state index is 0.767. The van der Waals surface area contributed by atoms with Gasteiger partial charge < -0.3 is 0 Å². The predicted octanol–water partition coefficient (Wildman–Crippen LogP) is 13.7. The fourth-order valence-electron chi connectivity index (χ4n) is 7.23. The quantitative estimate of drug-likeness (QED) is 0.109. The Bertz CT molecular complexity index is 1880. The Morgan fingerprint density at radius 1 is 0.380 bits per heavy atom. The van der Waals surface area contributed by atoms with E-state index in [4.69, 9.17) is 9.97 Å². The van der Waals surface area contributed by atoms with E-state index in [9.17, 15) is 0 Å². The molecule has 0 aliphatic rings. The van der Waals surface area contributed by atoms with Gasteiger partial charge in [-0.3, -0.25) is 0 Å². The second-order valence-electron chi connectivity index (χ2n) is 14.4. The van der Waals surface area contributed by atoms with Crippen LogP contribution in [0.5, 0.6) is 0 Å². The Balaban J connectivity index is 1.32. The molecule has 6 rings (SSSR count). The summed E-state index contributed by atoms with van der Waals surface area (Å²) in [5.41, 5.74) is 17.0. The minimum Gasteiger partial charge on any atom is -0.236 e. The van der Waals surface area contributed by atoms with Crippen LogP contribution in [0.15, 0.2) is 116 Å². The number of aromatic nitrogens is 2. The van der Waals surface area contributed by atoms with Crippen LogP contribution in [-0.2, 0) is 6.42 Å². The molecule has 0 aliphatic heterocycles. The van der Waals surface area contributed by atoms with E-state index in [1.807, 2.05) is 12.4 Å². The lowest BCUT2D eigenvalue weighted by atomic mass is 9.92. The lowest BCUT2D eigenvalue weighted by Gasteiger charge is -2.13. The third kappa shape index (κ3) is 9.24. The van der Waals surface area contributed by atoms with E-state index < -0.39 is 0 Å². The first kappa shape index (κ1) is 35.0. The van der Waals surface area contributed by atoms with Crippen LogP contribution in [0.2, 0.25) is 0 Å². The normalized spacial score (nSPS) is 11.2. The zero-order chi connectivity index (χ0) is 34.9. The van der Waals surface area contributed by atoms with Gasteiger partial charge in [-0.1, -0.05) is 147 Å². The lowest BCUT2D eigenvalue weighted by Crippen LogP contribution is -1.95. The standard InChI is InChI=1S/C48H52N2/c1-6-7-8-9-10-11-12-13-16-38-32-49-48(50-33-38)47-30-45(41-19-14-17-39(27-41)43-23-34(2)21-35(3)24-43)29-46(31-47)42-20-15-18-40(28-42)44-25-36(4)22-37(5)26-44/h14-15,17-33H,6-13,16H2,1-5H3. The summed E-state index contributed by atoms with van der Waals surface area (Å²) in [5, 5.41) is 0. The van der Waals surface area contributed by atoms with Gasteiger partial charge in [-0.2, -0.15) is 0 Å². The molecule has 5 aromatic carbocycles. The highest BCUT2D eigenvalue weighted by Gasteiger charge is 2.12. The molecule has 1 heterocycles. The molecule has 0 fully saturated rings. The minimum atomic E-state index is 0.767. The van der Waals surface area contributed by atoms with Crippen molar-refractivity contribution in [2.75, 3.05) is 0 Å². The molecule has 0 saturated heterocycles. The van der Waals surface area contributed by atoms with Gasteiger partial charge in [0.05, 0.1) is 0 Å². The first-order valence-electron chi connectivity index (χ1n) is 18.7. The number of unbranched alkanes of at least 4 members (excludes halogenated alkanes) is 7. The van der Waals surface area contributed by atoms with E-state index in [-0.39, 0.29) is 0 Å². The molecule has 0 spiro atoms. The molecule has 0 unspecified atom stereocenters. The van der Waals surface area contributed by atoms with Crippen LogP contribution in [0.4, 0.5) is 0 Å². The summed E-state index contributed by atoms with van der Waals surface area (Å²) >= 11 is 0. The van der Waals surface area contributed by atoms with Gasteiger partial charge in [-0.15, -0.1) is 0 Å². The van der Waals surface area contributed by atoms with Crippen molar-refractivity contribution in [1.82, 2.24) is 9.97 Å². The molecule has 50 heavy (non-hydrogen) atoms. The topological polar surface area (TPSA) is 25.8 Å². The van der Waals surface area contributed by atoms with E-state index in [2.05, 4.69) is 138 Å². The second kappa shape index (κ2) is 16.7. The van der Waals surface area contributed by atoms with E-state index in [1.165, 1.54) is 113 Å². The Labute approximate surface area is 300 Å². The highest BCUT2D eigenvalue weighted by molar-refractivity contribution is 5.83. The maximum absolute atomic E-state index is 4.93. The van der Waals surface area contributed by atoms with Crippen molar-refractivity contribution in [1.29, 1.82) is 0 Å². The molecule has 0 aliphatic carbocycles. The molecule has 0 radical (unpaired) electrons. The maximum Gasteiger partial charge on any atom is 0.159 e. The van der Waals surface area contributed by atoms with Crippen LogP contribution in [0.1, 0.15) is 86.1 Å². The van der Waals surface area contributed by atoms with Gasteiger partial charge in [-0.05, 0) is 121 Å². The highest BCUT2D eigenvalue weighted by atomic mass is 14.9. The molecule has 0 N–H and O–H groups in total. The molecule has 0 atom stereocenters. The zero-order valence-corrected chi connectivity index (χ0v) is 30.7. The molecular weight excluding hydrogens is 605 g/mol. The van der Waals surface area contributed by atoms with E-state index >= 15 is 0 Å². The van der Waals surface area contributed by atoms with Crippen molar-refractivity contribution in [2.24, 2.45) is 0 Å². The van der Waals surface area contributed by atoms with Crippen molar-refractivity contribution in [2.45, 2.75) is 92.4 Å². The number of aryl methyl sites for hydroxylation is 5. The Morgan fingerprint density at radius 3 is 1.18 bits per heavy atom. The van der Waals surface area contributed by atoms with Gasteiger partial charge in [0.15, 0.2) is 5.82 Å². The van der Waals surface area contributed by atoms with Crippen LogP contribution in [0.3, 0.4) is 0 Å². The van der Waals surface area contributed by atoms with Gasteiger partial charge in [-0.25, -0.2) is 9.97 Å². The van der Waals surface area contributed by atoms with Crippen LogP contribution < -0.4 is 0 Å². The summed E-state index contributed by atoms with van der Waals surface area (Å²) < 4.78 is 0. The molecule has 2 heteroatoms. The Morgan fingerprint density at radius 2 is 0.740 bits per heavy atom. The summed E-state index contributed by atoms with van der Waals surface area (Å²) in [6, 6.07) is 38.2. The molecule has 2 nitrogen and oxygen atoms in total. The Kier molecular flexibility index (Phi) is 11.7. The molecule has 1 aromatic heterocycles. The highest BCUT2D eigenvalue weighted by Crippen LogP contribution is 2.35. The van der Waals surface area contributed by atoms with E-state index in [0.29, 0.717) is 0 Å². The van der Waals surface area contributed by atoms with Gasteiger partial charge in [0.2, 0.25) is 0 Å². The Hall–Kier alpha value is -4.82. The third-order valence-electron chi connectivity index (χ3n) is 9.72. The number of benzene rings is 5. The molecular formula is C48H52N2. The summed E-state index contributed by atoms with van der Waals surface area (Å²) in [6.07, 6.45) is 15.7. The molecule has 0 bridgehead atoms. The van der Waals surface area contributed by atoms with Gasteiger partial charge in [0.1, 0.15) is 0 Å². The van der Waals surface area contributed by atoms with E-state index in [0.717, 1.165) is 28.9 Å². The summed E-state index contributed by atoms with van der Waals surface area (Å²) in [4.78, 5) is 9.85. The smallest absolute Gasteiger partial charge is 0.159 e. The van der Waals surface area contributed by atoms with Crippen molar-refractivity contribution < 1.29 is 0 Å². The number of hydrogen-bond acceptors (Lipinski definition) is 2. The summed E-state index contributed by atoms with van der Waals surface area (Å²) in [7, 11) is 0.